The Kier molecular flexibility index (Phi) is 3.47. The van der Waals surface area contributed by atoms with Gasteiger partial charge >= 0.3 is 0 Å². The lowest BCUT2D eigenvalue weighted by molar-refractivity contribution is -0.0659. The normalized spacial score (nSPS) is 17.2. The first-order valence-corrected chi connectivity index (χ1v) is 5.05. The summed E-state index contributed by atoms with van der Waals surface area (Å²) in [6.07, 6.45) is -0.549. The van der Waals surface area contributed by atoms with Crippen molar-refractivity contribution in [2.24, 2.45) is 0 Å². The van der Waals surface area contributed by atoms with Crippen LogP contribution in [0.2, 0.25) is 0 Å². The van der Waals surface area contributed by atoms with Crippen LogP contribution >= 0.6 is 0 Å². The molecule has 15 heavy (non-hydrogen) atoms. The quantitative estimate of drug-likeness (QED) is 0.807. The van der Waals surface area contributed by atoms with Crippen molar-refractivity contribution in [3.8, 4) is 0 Å². The van der Waals surface area contributed by atoms with Gasteiger partial charge in [0, 0.05) is 0 Å². The minimum absolute atomic E-state index is 0.304. The van der Waals surface area contributed by atoms with Gasteiger partial charge in [0.2, 0.25) is 0 Å². The van der Waals surface area contributed by atoms with Gasteiger partial charge in [0.05, 0.1) is 5.60 Å². The van der Waals surface area contributed by atoms with E-state index in [1.165, 1.54) is 12.1 Å². The Morgan fingerprint density at radius 3 is 2.53 bits per heavy atom. The maximum atomic E-state index is 13.0. The van der Waals surface area contributed by atoms with E-state index >= 15 is 0 Å². The first-order chi connectivity index (χ1) is 6.88. The molecule has 1 rings (SSSR count). The van der Waals surface area contributed by atoms with E-state index in [9.17, 15) is 14.6 Å². The molecule has 0 bridgehead atoms. The number of hydrogen-bond acceptors (Lipinski definition) is 2. The number of benzene rings is 1. The molecule has 0 aliphatic heterocycles. The van der Waals surface area contributed by atoms with Crippen LogP contribution in [-0.2, 0) is 0 Å². The van der Waals surface area contributed by atoms with Crippen LogP contribution in [-0.4, -0.2) is 15.8 Å². The van der Waals surface area contributed by atoms with E-state index in [0.717, 1.165) is 0 Å². The summed E-state index contributed by atoms with van der Waals surface area (Å²) >= 11 is 0. The fourth-order valence-electron chi connectivity index (χ4n) is 1.39. The molecule has 2 nitrogen and oxygen atoms in total. The standard InChI is InChI=1S/C12H17FO2/c1-4-12(3,15)11(14)9-5-6-10(13)8(2)7-9/h5-7,11,14-15H,4H2,1-3H3. The van der Waals surface area contributed by atoms with Gasteiger partial charge in [-0.3, -0.25) is 0 Å². The summed E-state index contributed by atoms with van der Waals surface area (Å²) in [5, 5.41) is 19.8. The summed E-state index contributed by atoms with van der Waals surface area (Å²) in [5.74, 6) is -0.304. The Balaban J connectivity index is 3.02. The Morgan fingerprint density at radius 2 is 2.07 bits per heavy atom. The predicted molar refractivity (Wildman–Crippen MR) is 57.0 cm³/mol. The van der Waals surface area contributed by atoms with Crippen LogP contribution in [0.25, 0.3) is 0 Å². The molecule has 0 aromatic heterocycles. The number of halogens is 1. The molecule has 0 spiro atoms. The van der Waals surface area contributed by atoms with Gasteiger partial charge in [-0.1, -0.05) is 19.1 Å². The third-order valence-corrected chi connectivity index (χ3v) is 2.80. The van der Waals surface area contributed by atoms with Crippen LogP contribution in [0.1, 0.15) is 37.5 Å². The maximum absolute atomic E-state index is 13.0. The third-order valence-electron chi connectivity index (χ3n) is 2.80. The zero-order chi connectivity index (χ0) is 11.6. The fourth-order valence-corrected chi connectivity index (χ4v) is 1.39. The van der Waals surface area contributed by atoms with E-state index in [2.05, 4.69) is 0 Å². The van der Waals surface area contributed by atoms with Crippen LogP contribution in [0.15, 0.2) is 18.2 Å². The molecule has 2 atom stereocenters. The van der Waals surface area contributed by atoms with Gasteiger partial charge in [0.15, 0.2) is 0 Å². The molecule has 2 N–H and O–H groups in total. The Labute approximate surface area is 89.4 Å². The average Bonchev–Trinajstić information content (AvgIpc) is 2.21. The highest BCUT2D eigenvalue weighted by atomic mass is 19.1. The summed E-state index contributed by atoms with van der Waals surface area (Å²) in [4.78, 5) is 0. The lowest BCUT2D eigenvalue weighted by atomic mass is 9.90. The number of aliphatic hydroxyl groups is 2. The highest BCUT2D eigenvalue weighted by Crippen LogP contribution is 2.29. The first kappa shape index (κ1) is 12.1. The minimum atomic E-state index is -1.18. The minimum Gasteiger partial charge on any atom is -0.387 e. The molecule has 1 aromatic rings. The van der Waals surface area contributed by atoms with Crippen LogP contribution in [0.4, 0.5) is 4.39 Å². The van der Waals surface area contributed by atoms with E-state index in [4.69, 9.17) is 0 Å². The van der Waals surface area contributed by atoms with Crippen LogP contribution < -0.4 is 0 Å². The molecular weight excluding hydrogens is 195 g/mol. The molecule has 0 heterocycles. The summed E-state index contributed by atoms with van der Waals surface area (Å²) < 4.78 is 13.0. The van der Waals surface area contributed by atoms with Gasteiger partial charge in [0.1, 0.15) is 11.9 Å². The molecule has 0 amide bonds. The second kappa shape index (κ2) is 4.29. The zero-order valence-electron chi connectivity index (χ0n) is 9.29. The lowest BCUT2D eigenvalue weighted by Gasteiger charge is -2.28. The van der Waals surface area contributed by atoms with Gasteiger partial charge in [-0.15, -0.1) is 0 Å². The number of rotatable bonds is 3. The van der Waals surface area contributed by atoms with Gasteiger partial charge < -0.3 is 10.2 Å². The molecule has 0 fully saturated rings. The van der Waals surface area contributed by atoms with Crippen molar-refractivity contribution in [3.05, 3.63) is 35.1 Å². The second-order valence-electron chi connectivity index (χ2n) is 4.12. The van der Waals surface area contributed by atoms with Gasteiger partial charge in [-0.05, 0) is 37.5 Å². The van der Waals surface area contributed by atoms with Gasteiger partial charge in [-0.25, -0.2) is 4.39 Å². The number of hydrogen-bond donors (Lipinski definition) is 2. The van der Waals surface area contributed by atoms with Gasteiger partial charge in [-0.2, -0.15) is 0 Å². The van der Waals surface area contributed by atoms with Crippen LogP contribution in [0.5, 0.6) is 0 Å². The lowest BCUT2D eigenvalue weighted by Crippen LogP contribution is -2.31. The molecule has 0 saturated carbocycles. The third kappa shape index (κ3) is 2.55. The SMILES string of the molecule is CCC(C)(O)C(O)c1ccc(F)c(C)c1. The highest BCUT2D eigenvalue weighted by Gasteiger charge is 2.29. The first-order valence-electron chi connectivity index (χ1n) is 5.05. The zero-order valence-corrected chi connectivity index (χ0v) is 9.29. The summed E-state index contributed by atoms with van der Waals surface area (Å²) in [7, 11) is 0. The summed E-state index contributed by atoms with van der Waals surface area (Å²) in [6, 6.07) is 4.36. The molecule has 1 aromatic carbocycles. The van der Waals surface area contributed by atoms with E-state index in [1.807, 2.05) is 0 Å². The topological polar surface area (TPSA) is 40.5 Å². The second-order valence-corrected chi connectivity index (χ2v) is 4.12. The Hall–Kier alpha value is -0.930. The summed E-state index contributed by atoms with van der Waals surface area (Å²) in [6.45, 7) is 4.99. The number of aryl methyl sites for hydroxylation is 1. The van der Waals surface area contributed by atoms with E-state index in [-0.39, 0.29) is 5.82 Å². The molecule has 0 aliphatic rings. The molecule has 0 aliphatic carbocycles. The van der Waals surface area contributed by atoms with E-state index in [1.54, 1.807) is 26.8 Å². The fraction of sp³-hybridized carbons (Fsp3) is 0.500. The van der Waals surface area contributed by atoms with Crippen LogP contribution in [0, 0.1) is 12.7 Å². The van der Waals surface area contributed by atoms with Gasteiger partial charge in [0.25, 0.3) is 0 Å². The largest absolute Gasteiger partial charge is 0.387 e. The van der Waals surface area contributed by atoms with Crippen LogP contribution in [0.3, 0.4) is 0 Å². The molecule has 0 saturated heterocycles. The smallest absolute Gasteiger partial charge is 0.126 e. The molecule has 84 valence electrons. The molecule has 2 unspecified atom stereocenters. The predicted octanol–water partition coefficient (Wildman–Crippen LogP) is 2.33. The monoisotopic (exact) mass is 212 g/mol. The van der Waals surface area contributed by atoms with Crippen molar-refractivity contribution in [1.29, 1.82) is 0 Å². The van der Waals surface area contributed by atoms with Crippen molar-refractivity contribution < 1.29 is 14.6 Å². The molecular formula is C12H17FO2. The highest BCUT2D eigenvalue weighted by molar-refractivity contribution is 5.27. The van der Waals surface area contributed by atoms with Crippen molar-refractivity contribution >= 4 is 0 Å². The van der Waals surface area contributed by atoms with Crippen molar-refractivity contribution in [2.75, 3.05) is 0 Å². The number of aliphatic hydroxyl groups excluding tert-OH is 1. The maximum Gasteiger partial charge on any atom is 0.126 e. The van der Waals surface area contributed by atoms with Crippen molar-refractivity contribution in [3.63, 3.8) is 0 Å². The molecule has 0 radical (unpaired) electrons. The van der Waals surface area contributed by atoms with Crippen molar-refractivity contribution in [2.45, 2.75) is 38.9 Å². The Morgan fingerprint density at radius 1 is 1.47 bits per heavy atom. The summed E-state index contributed by atoms with van der Waals surface area (Å²) in [5.41, 5.74) is -0.163. The Bertz CT molecular complexity index is 347. The average molecular weight is 212 g/mol. The van der Waals surface area contributed by atoms with Crippen molar-refractivity contribution in [1.82, 2.24) is 0 Å². The van der Waals surface area contributed by atoms with E-state index in [0.29, 0.717) is 17.5 Å². The molecule has 3 heteroatoms. The van der Waals surface area contributed by atoms with E-state index < -0.39 is 11.7 Å².